The first kappa shape index (κ1) is 11.0. The molecular formula is C13H16N2O. The van der Waals surface area contributed by atoms with Gasteiger partial charge in [-0.2, -0.15) is 5.26 Å². The van der Waals surface area contributed by atoms with Crippen molar-refractivity contribution in [3.05, 3.63) is 29.8 Å². The number of para-hydroxylation sites is 1. The van der Waals surface area contributed by atoms with E-state index < -0.39 is 0 Å². The molecule has 0 amide bonds. The molecule has 1 aliphatic rings. The number of aliphatic hydroxyl groups excluding tert-OH is 1. The van der Waals surface area contributed by atoms with Gasteiger partial charge in [0.2, 0.25) is 0 Å². The van der Waals surface area contributed by atoms with E-state index in [2.05, 4.69) is 11.0 Å². The van der Waals surface area contributed by atoms with Crippen LogP contribution >= 0.6 is 0 Å². The summed E-state index contributed by atoms with van der Waals surface area (Å²) in [6.07, 6.45) is 0.733. The molecule has 2 unspecified atom stereocenters. The van der Waals surface area contributed by atoms with Crippen molar-refractivity contribution in [1.82, 2.24) is 0 Å². The van der Waals surface area contributed by atoms with E-state index in [4.69, 9.17) is 5.26 Å². The minimum absolute atomic E-state index is 0.265. The van der Waals surface area contributed by atoms with Crippen molar-refractivity contribution in [3.63, 3.8) is 0 Å². The van der Waals surface area contributed by atoms with E-state index in [9.17, 15) is 5.11 Å². The van der Waals surface area contributed by atoms with Gasteiger partial charge in [-0.05, 0) is 25.5 Å². The van der Waals surface area contributed by atoms with Crippen LogP contribution in [0.2, 0.25) is 0 Å². The molecule has 1 aliphatic heterocycles. The Bertz CT molecular complexity index is 409. The maximum absolute atomic E-state index is 9.55. The Hall–Kier alpha value is -1.53. The monoisotopic (exact) mass is 216 g/mol. The van der Waals surface area contributed by atoms with Gasteiger partial charge < -0.3 is 10.0 Å². The number of anilines is 1. The van der Waals surface area contributed by atoms with Crippen LogP contribution in [0.15, 0.2) is 24.3 Å². The molecule has 0 radical (unpaired) electrons. The van der Waals surface area contributed by atoms with Crippen LogP contribution in [0.1, 0.15) is 18.9 Å². The summed E-state index contributed by atoms with van der Waals surface area (Å²) >= 11 is 0. The molecule has 1 fully saturated rings. The van der Waals surface area contributed by atoms with Gasteiger partial charge in [0.15, 0.2) is 0 Å². The molecule has 2 atom stereocenters. The fourth-order valence-electron chi connectivity index (χ4n) is 2.24. The highest BCUT2D eigenvalue weighted by Gasteiger charge is 2.26. The SMILES string of the molecule is CC(O)C1CCN(c2ccccc2C#N)C1. The van der Waals surface area contributed by atoms with Crippen LogP contribution in [0.25, 0.3) is 0 Å². The van der Waals surface area contributed by atoms with Gasteiger partial charge in [-0.3, -0.25) is 0 Å². The highest BCUT2D eigenvalue weighted by molar-refractivity contribution is 5.59. The summed E-state index contributed by atoms with van der Waals surface area (Å²) in [7, 11) is 0. The third-order valence-corrected chi connectivity index (χ3v) is 3.27. The van der Waals surface area contributed by atoms with Crippen molar-refractivity contribution >= 4 is 5.69 Å². The van der Waals surface area contributed by atoms with Gasteiger partial charge in [0, 0.05) is 19.0 Å². The molecular weight excluding hydrogens is 200 g/mol. The molecule has 1 aromatic carbocycles. The van der Waals surface area contributed by atoms with Crippen LogP contribution in [0.3, 0.4) is 0 Å². The van der Waals surface area contributed by atoms with Gasteiger partial charge in [-0.25, -0.2) is 0 Å². The molecule has 3 heteroatoms. The Morgan fingerprint density at radius 1 is 1.50 bits per heavy atom. The third kappa shape index (κ3) is 2.02. The maximum Gasteiger partial charge on any atom is 0.101 e. The van der Waals surface area contributed by atoms with Crippen molar-refractivity contribution < 1.29 is 5.11 Å². The quantitative estimate of drug-likeness (QED) is 0.819. The number of aliphatic hydroxyl groups is 1. The third-order valence-electron chi connectivity index (χ3n) is 3.27. The van der Waals surface area contributed by atoms with Crippen LogP contribution in [0.5, 0.6) is 0 Å². The number of hydrogen-bond acceptors (Lipinski definition) is 3. The first-order chi connectivity index (χ1) is 7.72. The average Bonchev–Trinajstić information content (AvgIpc) is 2.78. The molecule has 0 saturated carbocycles. The Labute approximate surface area is 95.9 Å². The molecule has 1 aromatic rings. The number of hydrogen-bond donors (Lipinski definition) is 1. The smallest absolute Gasteiger partial charge is 0.101 e. The second-order valence-corrected chi connectivity index (χ2v) is 4.36. The van der Waals surface area contributed by atoms with Gasteiger partial charge in [0.05, 0.1) is 17.4 Å². The van der Waals surface area contributed by atoms with Crippen LogP contribution in [-0.4, -0.2) is 24.3 Å². The van der Waals surface area contributed by atoms with Gasteiger partial charge in [0.1, 0.15) is 6.07 Å². The first-order valence-electron chi connectivity index (χ1n) is 5.64. The Morgan fingerprint density at radius 3 is 2.88 bits per heavy atom. The molecule has 3 nitrogen and oxygen atoms in total. The zero-order chi connectivity index (χ0) is 11.5. The van der Waals surface area contributed by atoms with E-state index in [1.54, 1.807) is 0 Å². The molecule has 1 saturated heterocycles. The maximum atomic E-state index is 9.55. The minimum Gasteiger partial charge on any atom is -0.393 e. The van der Waals surface area contributed by atoms with E-state index in [0.717, 1.165) is 25.2 Å². The molecule has 2 rings (SSSR count). The molecule has 16 heavy (non-hydrogen) atoms. The summed E-state index contributed by atoms with van der Waals surface area (Å²) in [5.74, 6) is 0.326. The van der Waals surface area contributed by atoms with Crippen LogP contribution < -0.4 is 4.90 Å². The molecule has 1 heterocycles. The fourth-order valence-corrected chi connectivity index (χ4v) is 2.24. The summed E-state index contributed by atoms with van der Waals surface area (Å²) in [5.41, 5.74) is 1.71. The normalized spacial score (nSPS) is 21.8. The van der Waals surface area contributed by atoms with Crippen molar-refractivity contribution in [2.75, 3.05) is 18.0 Å². The topological polar surface area (TPSA) is 47.3 Å². The first-order valence-corrected chi connectivity index (χ1v) is 5.64. The van der Waals surface area contributed by atoms with E-state index in [0.29, 0.717) is 11.5 Å². The van der Waals surface area contributed by atoms with E-state index in [-0.39, 0.29) is 6.10 Å². The second kappa shape index (κ2) is 4.54. The summed E-state index contributed by atoms with van der Waals surface area (Å²) in [6, 6.07) is 9.86. The number of nitrogens with zero attached hydrogens (tertiary/aromatic N) is 2. The number of benzene rings is 1. The highest BCUT2D eigenvalue weighted by Crippen LogP contribution is 2.27. The molecule has 1 N–H and O–H groups in total. The van der Waals surface area contributed by atoms with Gasteiger partial charge in [-0.1, -0.05) is 12.1 Å². The Morgan fingerprint density at radius 2 is 2.25 bits per heavy atom. The summed E-state index contributed by atoms with van der Waals surface area (Å²) in [5, 5.41) is 18.6. The van der Waals surface area contributed by atoms with Gasteiger partial charge in [-0.15, -0.1) is 0 Å². The zero-order valence-corrected chi connectivity index (χ0v) is 9.43. The summed E-state index contributed by atoms with van der Waals surface area (Å²) < 4.78 is 0. The van der Waals surface area contributed by atoms with Crippen molar-refractivity contribution in [3.8, 4) is 6.07 Å². The van der Waals surface area contributed by atoms with Gasteiger partial charge >= 0.3 is 0 Å². The van der Waals surface area contributed by atoms with Crippen LogP contribution in [-0.2, 0) is 0 Å². The average molecular weight is 216 g/mol. The fraction of sp³-hybridized carbons (Fsp3) is 0.462. The van der Waals surface area contributed by atoms with E-state index in [1.807, 2.05) is 31.2 Å². The van der Waals surface area contributed by atoms with Crippen molar-refractivity contribution in [2.45, 2.75) is 19.4 Å². The van der Waals surface area contributed by atoms with E-state index in [1.165, 1.54) is 0 Å². The van der Waals surface area contributed by atoms with Crippen LogP contribution in [0.4, 0.5) is 5.69 Å². The largest absolute Gasteiger partial charge is 0.393 e. The predicted molar refractivity (Wildman–Crippen MR) is 63.2 cm³/mol. The second-order valence-electron chi connectivity index (χ2n) is 4.36. The standard InChI is InChI=1S/C13H16N2O/c1-10(16)12-6-7-15(9-12)13-5-3-2-4-11(13)8-14/h2-5,10,12,16H,6-7,9H2,1H3. The minimum atomic E-state index is -0.265. The lowest BCUT2D eigenvalue weighted by Crippen LogP contribution is -2.24. The lowest BCUT2D eigenvalue weighted by molar-refractivity contribution is 0.136. The molecule has 0 bridgehead atoms. The molecule has 0 aliphatic carbocycles. The van der Waals surface area contributed by atoms with Crippen molar-refractivity contribution in [1.29, 1.82) is 5.26 Å². The summed E-state index contributed by atoms with van der Waals surface area (Å²) in [6.45, 7) is 3.61. The molecule has 84 valence electrons. The Balaban J connectivity index is 2.18. The van der Waals surface area contributed by atoms with Crippen molar-refractivity contribution in [2.24, 2.45) is 5.92 Å². The molecule has 0 spiro atoms. The van der Waals surface area contributed by atoms with Crippen LogP contribution in [0, 0.1) is 17.2 Å². The highest BCUT2D eigenvalue weighted by atomic mass is 16.3. The lowest BCUT2D eigenvalue weighted by atomic mass is 10.0. The number of rotatable bonds is 2. The zero-order valence-electron chi connectivity index (χ0n) is 9.43. The molecule has 0 aromatic heterocycles. The van der Waals surface area contributed by atoms with E-state index >= 15 is 0 Å². The Kier molecular flexibility index (Phi) is 3.12. The number of nitriles is 1. The summed E-state index contributed by atoms with van der Waals surface area (Å²) in [4.78, 5) is 2.19. The lowest BCUT2D eigenvalue weighted by Gasteiger charge is -2.20. The van der Waals surface area contributed by atoms with Gasteiger partial charge in [0.25, 0.3) is 0 Å². The predicted octanol–water partition coefficient (Wildman–Crippen LogP) is 1.77.